The minimum absolute atomic E-state index is 0.0539. The third-order valence-corrected chi connectivity index (χ3v) is 13.4. The van der Waals surface area contributed by atoms with Gasteiger partial charge in [0.05, 0.1) is 6.10 Å². The Labute approximate surface area is 252 Å². The Morgan fingerprint density at radius 1 is 0.976 bits per heavy atom. The summed E-state index contributed by atoms with van der Waals surface area (Å²) >= 11 is 0. The topological polar surface area (TPSA) is 44.8 Å². The molecule has 5 rings (SSSR count). The van der Waals surface area contributed by atoms with Crippen molar-refractivity contribution in [2.75, 3.05) is 13.4 Å². The molecule has 0 aromatic carbocycles. The third-order valence-electron chi connectivity index (χ3n) is 13.4. The molecule has 0 aliphatic heterocycles. The van der Waals surface area contributed by atoms with E-state index in [1.807, 2.05) is 6.92 Å². The molecule has 0 unspecified atom stereocenters. The second-order valence-electron chi connectivity index (χ2n) is 16.5. The first-order valence-electron chi connectivity index (χ1n) is 17.5. The summed E-state index contributed by atoms with van der Waals surface area (Å²) in [6.45, 7) is 17.9. The normalized spacial score (nSPS) is 41.5. The Kier molecular flexibility index (Phi) is 9.72. The molecule has 234 valence electrons. The molecule has 5 aliphatic rings. The highest BCUT2D eigenvalue weighted by molar-refractivity contribution is 5.69. The van der Waals surface area contributed by atoms with Gasteiger partial charge >= 0.3 is 5.97 Å². The molecule has 0 spiro atoms. The molecule has 0 heterocycles. The van der Waals surface area contributed by atoms with E-state index in [1.54, 1.807) is 5.57 Å². The van der Waals surface area contributed by atoms with Crippen molar-refractivity contribution >= 4 is 5.97 Å². The zero-order valence-electron chi connectivity index (χ0n) is 27.6. The monoisotopic (exact) mass is 570 g/mol. The lowest BCUT2D eigenvalue weighted by Crippen LogP contribution is -2.51. The van der Waals surface area contributed by atoms with Crippen molar-refractivity contribution in [1.29, 1.82) is 0 Å². The lowest BCUT2D eigenvalue weighted by Gasteiger charge is -2.58. The van der Waals surface area contributed by atoms with Gasteiger partial charge in [-0.15, -0.1) is 0 Å². The molecule has 41 heavy (non-hydrogen) atoms. The summed E-state index contributed by atoms with van der Waals surface area (Å²) in [6.07, 6.45) is 19.4. The number of allylic oxidation sites excluding steroid dienone is 1. The van der Waals surface area contributed by atoms with Gasteiger partial charge in [0.15, 0.2) is 0 Å². The average Bonchev–Trinajstić information content (AvgIpc) is 3.29. The van der Waals surface area contributed by atoms with Crippen molar-refractivity contribution in [3.05, 3.63) is 11.6 Å². The van der Waals surface area contributed by atoms with Crippen molar-refractivity contribution in [3.8, 4) is 0 Å². The number of carbonyl (C=O) groups is 1. The van der Waals surface area contributed by atoms with Crippen molar-refractivity contribution < 1.29 is 19.0 Å². The lowest BCUT2D eigenvalue weighted by molar-refractivity contribution is -0.152. The SMILES string of the molecule is CCOCO[C@H]1CC[C@@]2(C)C(=CC[C@H]3[C@@H]4CC[C@H]([C@@H](C)CCC(=O)OC5CCC(C(C)(C)C)CC5)[C@@]4(C)CC[C@@H]32)C1. The molecule has 0 N–H and O–H groups in total. The van der Waals surface area contributed by atoms with Crippen molar-refractivity contribution in [1.82, 2.24) is 0 Å². The van der Waals surface area contributed by atoms with Gasteiger partial charge in [-0.3, -0.25) is 4.79 Å². The predicted molar refractivity (Wildman–Crippen MR) is 166 cm³/mol. The Morgan fingerprint density at radius 3 is 2.44 bits per heavy atom. The molecule has 4 nitrogen and oxygen atoms in total. The molecule has 0 amide bonds. The molecular formula is C37H62O4. The van der Waals surface area contributed by atoms with Crippen LogP contribution in [0.5, 0.6) is 0 Å². The quantitative estimate of drug-likeness (QED) is 0.120. The summed E-state index contributed by atoms with van der Waals surface area (Å²) in [5.41, 5.74) is 2.83. The highest BCUT2D eigenvalue weighted by Gasteiger charge is 2.59. The minimum atomic E-state index is 0.0539. The molecule has 0 bridgehead atoms. The van der Waals surface area contributed by atoms with Crippen LogP contribution in [0.4, 0.5) is 0 Å². The van der Waals surface area contributed by atoms with Crippen LogP contribution in [0.1, 0.15) is 138 Å². The molecule has 0 radical (unpaired) electrons. The highest BCUT2D eigenvalue weighted by atomic mass is 16.7. The van der Waals surface area contributed by atoms with Gasteiger partial charge in [0.2, 0.25) is 0 Å². The van der Waals surface area contributed by atoms with Crippen LogP contribution < -0.4 is 0 Å². The number of carbonyl (C=O) groups excluding carboxylic acids is 1. The van der Waals surface area contributed by atoms with Gasteiger partial charge in [0.1, 0.15) is 12.9 Å². The highest BCUT2D eigenvalue weighted by Crippen LogP contribution is 2.67. The van der Waals surface area contributed by atoms with E-state index < -0.39 is 0 Å². The largest absolute Gasteiger partial charge is 0.462 e. The molecule has 0 saturated heterocycles. The van der Waals surface area contributed by atoms with Gasteiger partial charge in [0.25, 0.3) is 0 Å². The van der Waals surface area contributed by atoms with Crippen LogP contribution in [-0.4, -0.2) is 31.6 Å². The van der Waals surface area contributed by atoms with Crippen LogP contribution in [0.25, 0.3) is 0 Å². The molecule has 0 aromatic heterocycles. The fourth-order valence-corrected chi connectivity index (χ4v) is 10.8. The zero-order valence-corrected chi connectivity index (χ0v) is 27.6. The van der Waals surface area contributed by atoms with Gasteiger partial charge in [-0.25, -0.2) is 0 Å². The van der Waals surface area contributed by atoms with Crippen LogP contribution in [0.3, 0.4) is 0 Å². The predicted octanol–water partition coefficient (Wildman–Crippen LogP) is 9.51. The van der Waals surface area contributed by atoms with Crippen LogP contribution >= 0.6 is 0 Å². The maximum Gasteiger partial charge on any atom is 0.306 e. The Balaban J connectivity index is 1.13. The van der Waals surface area contributed by atoms with Gasteiger partial charge < -0.3 is 14.2 Å². The second-order valence-corrected chi connectivity index (χ2v) is 16.5. The van der Waals surface area contributed by atoms with E-state index in [2.05, 4.69) is 47.6 Å². The molecule has 5 aliphatic carbocycles. The van der Waals surface area contributed by atoms with Crippen LogP contribution in [-0.2, 0) is 19.0 Å². The van der Waals surface area contributed by atoms with Crippen molar-refractivity contribution in [2.45, 2.75) is 151 Å². The minimum Gasteiger partial charge on any atom is -0.462 e. The molecule has 8 atom stereocenters. The van der Waals surface area contributed by atoms with Crippen LogP contribution in [0, 0.1) is 51.8 Å². The number of hydrogen-bond acceptors (Lipinski definition) is 4. The number of rotatable bonds is 9. The van der Waals surface area contributed by atoms with E-state index in [0.717, 1.165) is 61.9 Å². The van der Waals surface area contributed by atoms with E-state index in [0.29, 0.717) is 41.5 Å². The van der Waals surface area contributed by atoms with Gasteiger partial charge in [-0.1, -0.05) is 53.2 Å². The molecular weight excluding hydrogens is 508 g/mol. The van der Waals surface area contributed by atoms with Crippen molar-refractivity contribution in [2.24, 2.45) is 51.8 Å². The van der Waals surface area contributed by atoms with E-state index in [-0.39, 0.29) is 12.1 Å². The first-order valence-corrected chi connectivity index (χ1v) is 17.5. The van der Waals surface area contributed by atoms with Crippen LogP contribution in [0.2, 0.25) is 0 Å². The van der Waals surface area contributed by atoms with Gasteiger partial charge in [0, 0.05) is 13.0 Å². The van der Waals surface area contributed by atoms with E-state index >= 15 is 0 Å². The van der Waals surface area contributed by atoms with E-state index in [4.69, 9.17) is 14.2 Å². The number of hydrogen-bond donors (Lipinski definition) is 0. The first kappa shape index (κ1) is 31.6. The third kappa shape index (κ3) is 6.50. The summed E-state index contributed by atoms with van der Waals surface area (Å²) < 4.78 is 17.6. The second kappa shape index (κ2) is 12.6. The van der Waals surface area contributed by atoms with Gasteiger partial charge in [-0.05, 0) is 142 Å². The number of esters is 1. The Hall–Kier alpha value is -0.870. The Bertz CT molecular complexity index is 926. The maximum absolute atomic E-state index is 12.9. The molecule has 4 saturated carbocycles. The summed E-state index contributed by atoms with van der Waals surface area (Å²) in [7, 11) is 0. The molecule has 0 aromatic rings. The smallest absolute Gasteiger partial charge is 0.306 e. The fourth-order valence-electron chi connectivity index (χ4n) is 10.8. The molecule has 4 heteroatoms. The number of ether oxygens (including phenoxy) is 3. The standard InChI is InChI=1S/C37H62O4/c1-8-39-24-40-29-19-21-36(6)27(23-29)12-15-30-32-17-16-31(37(32,7)22-20-33(30)36)25(2)9-18-34(38)41-28-13-10-26(11-14-28)35(3,4)5/h12,25-26,28-33H,8-11,13-24H2,1-7H3/t25-,26?,28?,29-,30-,31+,32-,33-,36-,37+/m0/s1. The molecule has 4 fully saturated rings. The number of fused-ring (bicyclic) bond motifs is 5. The van der Waals surface area contributed by atoms with E-state index in [9.17, 15) is 4.79 Å². The Morgan fingerprint density at radius 2 is 1.73 bits per heavy atom. The van der Waals surface area contributed by atoms with Crippen molar-refractivity contribution in [3.63, 3.8) is 0 Å². The maximum atomic E-state index is 12.9. The van der Waals surface area contributed by atoms with E-state index in [1.165, 1.54) is 57.8 Å². The summed E-state index contributed by atoms with van der Waals surface area (Å²) in [6, 6.07) is 0. The summed E-state index contributed by atoms with van der Waals surface area (Å²) in [4.78, 5) is 12.9. The summed E-state index contributed by atoms with van der Waals surface area (Å²) in [5, 5.41) is 0. The van der Waals surface area contributed by atoms with Gasteiger partial charge in [-0.2, -0.15) is 0 Å². The fraction of sp³-hybridized carbons (Fsp3) is 0.919. The lowest BCUT2D eigenvalue weighted by atomic mass is 9.47. The summed E-state index contributed by atoms with van der Waals surface area (Å²) in [5.74, 6) is 4.63. The average molecular weight is 571 g/mol. The first-order chi connectivity index (χ1) is 19.5. The zero-order chi connectivity index (χ0) is 29.4. The van der Waals surface area contributed by atoms with Crippen LogP contribution in [0.15, 0.2) is 11.6 Å².